The zero-order chi connectivity index (χ0) is 11.0. The zero-order valence-corrected chi connectivity index (χ0v) is 9.22. The van der Waals surface area contributed by atoms with Gasteiger partial charge in [-0.3, -0.25) is 4.57 Å². The summed E-state index contributed by atoms with van der Waals surface area (Å²) in [5.74, 6) is 0.0834. The number of nitrogens with zero attached hydrogens (tertiary/aromatic N) is 3. The summed E-state index contributed by atoms with van der Waals surface area (Å²) in [6.07, 6.45) is 0. The number of hydrogen-bond acceptors (Lipinski definition) is 2. The molecule has 1 aromatic heterocycles. The average Bonchev–Trinajstić information content (AvgIpc) is 2.52. The number of hydrogen-bond donors (Lipinski definition) is 0. The molecule has 0 aliphatic heterocycles. The van der Waals surface area contributed by atoms with Gasteiger partial charge in [-0.05, 0) is 36.7 Å². The molecule has 1 aromatic carbocycles. The topological polar surface area (TPSA) is 30.7 Å². The Morgan fingerprint density at radius 2 is 2.00 bits per heavy atom. The molecule has 15 heavy (non-hydrogen) atoms. The second-order valence-electron chi connectivity index (χ2n) is 2.95. The van der Waals surface area contributed by atoms with Crippen molar-refractivity contribution in [1.82, 2.24) is 14.8 Å². The van der Waals surface area contributed by atoms with E-state index < -0.39 is 5.82 Å². The largest absolute Gasteiger partial charge is 0.270 e. The predicted molar refractivity (Wildman–Crippen MR) is 56.1 cm³/mol. The number of rotatable bonds is 1. The number of benzene rings is 1. The molecule has 0 amide bonds. The van der Waals surface area contributed by atoms with Gasteiger partial charge < -0.3 is 0 Å². The Labute approximate surface area is 95.5 Å². The Hall–Kier alpha value is -1.13. The standard InChI is InChI=1S/C9H6Cl2FN3/c1-5-13-14-9(11)15(5)6-2-3-7(10)8(12)4-6/h2-4H,1H3. The molecular formula is C9H6Cl2FN3. The van der Waals surface area contributed by atoms with E-state index in [9.17, 15) is 4.39 Å². The van der Waals surface area contributed by atoms with Crippen molar-refractivity contribution in [2.45, 2.75) is 6.92 Å². The van der Waals surface area contributed by atoms with E-state index in [0.29, 0.717) is 11.5 Å². The molecule has 0 saturated carbocycles. The van der Waals surface area contributed by atoms with Gasteiger partial charge in [0.1, 0.15) is 11.6 Å². The summed E-state index contributed by atoms with van der Waals surface area (Å²) in [7, 11) is 0. The van der Waals surface area contributed by atoms with Gasteiger partial charge >= 0.3 is 0 Å². The summed E-state index contributed by atoms with van der Waals surface area (Å²) in [5, 5.41) is 7.70. The molecule has 1 heterocycles. The molecular weight excluding hydrogens is 240 g/mol. The molecule has 0 aliphatic carbocycles. The van der Waals surface area contributed by atoms with Crippen molar-refractivity contribution in [2.75, 3.05) is 0 Å². The van der Waals surface area contributed by atoms with Crippen molar-refractivity contribution in [3.05, 3.63) is 40.1 Å². The fourth-order valence-electron chi connectivity index (χ4n) is 1.25. The van der Waals surface area contributed by atoms with Gasteiger partial charge in [-0.25, -0.2) is 4.39 Å². The number of aryl methyl sites for hydroxylation is 1. The molecule has 78 valence electrons. The summed E-state index contributed by atoms with van der Waals surface area (Å²) >= 11 is 11.4. The second-order valence-corrected chi connectivity index (χ2v) is 3.70. The van der Waals surface area contributed by atoms with Crippen LogP contribution in [0.3, 0.4) is 0 Å². The summed E-state index contributed by atoms with van der Waals surface area (Å²) < 4.78 is 14.7. The first-order valence-electron chi connectivity index (χ1n) is 4.12. The minimum absolute atomic E-state index is 0.0700. The van der Waals surface area contributed by atoms with Crippen molar-refractivity contribution in [3.8, 4) is 5.69 Å². The fourth-order valence-corrected chi connectivity index (χ4v) is 1.63. The van der Waals surface area contributed by atoms with Gasteiger partial charge in [0, 0.05) is 0 Å². The third kappa shape index (κ3) is 1.82. The molecule has 0 fully saturated rings. The Bertz CT molecular complexity index is 491. The Morgan fingerprint density at radius 3 is 2.53 bits per heavy atom. The first kappa shape index (κ1) is 10.4. The smallest absolute Gasteiger partial charge is 0.229 e. The van der Waals surface area contributed by atoms with Crippen LogP contribution in [0.2, 0.25) is 10.3 Å². The number of aromatic nitrogens is 3. The third-order valence-corrected chi connectivity index (χ3v) is 2.50. The maximum atomic E-state index is 13.2. The highest BCUT2D eigenvalue weighted by atomic mass is 35.5. The van der Waals surface area contributed by atoms with Crippen LogP contribution in [0.4, 0.5) is 4.39 Å². The normalized spacial score (nSPS) is 10.7. The minimum atomic E-state index is -0.502. The van der Waals surface area contributed by atoms with Gasteiger partial charge in [0.2, 0.25) is 5.28 Å². The van der Waals surface area contributed by atoms with Crippen LogP contribution in [-0.2, 0) is 0 Å². The highest BCUT2D eigenvalue weighted by molar-refractivity contribution is 6.30. The van der Waals surface area contributed by atoms with Gasteiger partial charge in [-0.1, -0.05) is 11.6 Å². The fraction of sp³-hybridized carbons (Fsp3) is 0.111. The van der Waals surface area contributed by atoms with Crippen molar-refractivity contribution in [1.29, 1.82) is 0 Å². The summed E-state index contributed by atoms with van der Waals surface area (Å²) in [5.41, 5.74) is 0.546. The van der Waals surface area contributed by atoms with Crippen molar-refractivity contribution in [2.24, 2.45) is 0 Å². The van der Waals surface area contributed by atoms with Crippen molar-refractivity contribution >= 4 is 23.2 Å². The van der Waals surface area contributed by atoms with E-state index in [0.717, 1.165) is 0 Å². The summed E-state index contributed by atoms with van der Waals surface area (Å²) in [6, 6.07) is 4.39. The molecule has 0 unspecified atom stereocenters. The van der Waals surface area contributed by atoms with E-state index in [-0.39, 0.29) is 10.3 Å². The molecule has 0 radical (unpaired) electrons. The molecule has 0 bridgehead atoms. The Balaban J connectivity index is 2.59. The average molecular weight is 246 g/mol. The van der Waals surface area contributed by atoms with Gasteiger partial charge in [-0.15, -0.1) is 10.2 Å². The van der Waals surface area contributed by atoms with Gasteiger partial charge in [0.05, 0.1) is 10.7 Å². The lowest BCUT2D eigenvalue weighted by atomic mass is 10.3. The summed E-state index contributed by atoms with van der Waals surface area (Å²) in [6.45, 7) is 1.73. The molecule has 0 atom stereocenters. The van der Waals surface area contributed by atoms with E-state index in [4.69, 9.17) is 23.2 Å². The third-order valence-electron chi connectivity index (χ3n) is 1.95. The number of halogens is 3. The SMILES string of the molecule is Cc1nnc(Cl)n1-c1ccc(Cl)c(F)c1. The molecule has 2 rings (SSSR count). The van der Waals surface area contributed by atoms with E-state index in [1.165, 1.54) is 16.7 Å². The molecule has 2 aromatic rings. The van der Waals surface area contributed by atoms with Crippen LogP contribution in [0.1, 0.15) is 5.82 Å². The highest BCUT2D eigenvalue weighted by Crippen LogP contribution is 2.21. The van der Waals surface area contributed by atoms with Crippen molar-refractivity contribution in [3.63, 3.8) is 0 Å². The maximum absolute atomic E-state index is 13.2. The van der Waals surface area contributed by atoms with Gasteiger partial charge in [-0.2, -0.15) is 0 Å². The second kappa shape index (κ2) is 3.79. The lowest BCUT2D eigenvalue weighted by Gasteiger charge is -2.05. The zero-order valence-electron chi connectivity index (χ0n) is 7.71. The quantitative estimate of drug-likeness (QED) is 0.774. The lowest BCUT2D eigenvalue weighted by molar-refractivity contribution is 0.627. The first-order chi connectivity index (χ1) is 7.09. The molecule has 0 saturated heterocycles. The maximum Gasteiger partial charge on any atom is 0.229 e. The van der Waals surface area contributed by atoms with Crippen LogP contribution < -0.4 is 0 Å². The predicted octanol–water partition coefficient (Wildman–Crippen LogP) is 3.02. The van der Waals surface area contributed by atoms with E-state index in [1.54, 1.807) is 13.0 Å². The van der Waals surface area contributed by atoms with Crippen LogP contribution in [0, 0.1) is 12.7 Å². The van der Waals surface area contributed by atoms with Crippen LogP contribution >= 0.6 is 23.2 Å². The van der Waals surface area contributed by atoms with Crippen LogP contribution in [0.5, 0.6) is 0 Å². The van der Waals surface area contributed by atoms with E-state index in [1.807, 2.05) is 0 Å². The molecule has 0 aliphatic rings. The Kier molecular flexibility index (Phi) is 2.63. The highest BCUT2D eigenvalue weighted by Gasteiger charge is 2.10. The molecule has 3 nitrogen and oxygen atoms in total. The van der Waals surface area contributed by atoms with E-state index in [2.05, 4.69) is 10.2 Å². The van der Waals surface area contributed by atoms with Crippen LogP contribution in [0.25, 0.3) is 5.69 Å². The van der Waals surface area contributed by atoms with Crippen LogP contribution in [-0.4, -0.2) is 14.8 Å². The van der Waals surface area contributed by atoms with Crippen LogP contribution in [0.15, 0.2) is 18.2 Å². The first-order valence-corrected chi connectivity index (χ1v) is 4.88. The minimum Gasteiger partial charge on any atom is -0.270 e. The van der Waals surface area contributed by atoms with E-state index >= 15 is 0 Å². The lowest BCUT2D eigenvalue weighted by Crippen LogP contribution is -1.97. The van der Waals surface area contributed by atoms with Crippen molar-refractivity contribution < 1.29 is 4.39 Å². The Morgan fingerprint density at radius 1 is 1.27 bits per heavy atom. The molecule has 0 spiro atoms. The van der Waals surface area contributed by atoms with Gasteiger partial charge in [0.15, 0.2) is 0 Å². The molecule has 0 N–H and O–H groups in total. The molecule has 6 heteroatoms. The van der Waals surface area contributed by atoms with Gasteiger partial charge in [0.25, 0.3) is 0 Å². The monoisotopic (exact) mass is 245 g/mol. The summed E-state index contributed by atoms with van der Waals surface area (Å²) in [4.78, 5) is 0.